The summed E-state index contributed by atoms with van der Waals surface area (Å²) in [5.41, 5.74) is 3.33. The molecule has 7 nitrogen and oxygen atoms in total. The van der Waals surface area contributed by atoms with Gasteiger partial charge in [0.25, 0.3) is 5.91 Å². The lowest BCUT2D eigenvalue weighted by Gasteiger charge is -2.08. The zero-order valence-electron chi connectivity index (χ0n) is 11.8. The molecule has 1 amide bonds. The van der Waals surface area contributed by atoms with Crippen molar-refractivity contribution in [3.63, 3.8) is 0 Å². The van der Waals surface area contributed by atoms with E-state index < -0.39 is 0 Å². The number of thioether (sulfide) groups is 1. The number of hydrazine groups is 1. The van der Waals surface area contributed by atoms with E-state index in [0.29, 0.717) is 16.5 Å². The predicted octanol–water partition coefficient (Wildman–Crippen LogP) is 1.05. The minimum atomic E-state index is -0.333. The number of nitrogens with two attached hydrogens (primary N) is 1. The van der Waals surface area contributed by atoms with Crippen molar-refractivity contribution < 1.29 is 4.79 Å². The average molecular weight is 307 g/mol. The average Bonchev–Trinajstić information content (AvgIpc) is 2.85. The first-order chi connectivity index (χ1) is 10.0. The summed E-state index contributed by atoms with van der Waals surface area (Å²) in [6.45, 7) is 3.85. The molecule has 0 radical (unpaired) electrons. The Labute approximate surface area is 125 Å². The van der Waals surface area contributed by atoms with E-state index in [1.807, 2.05) is 19.9 Å². The van der Waals surface area contributed by atoms with E-state index in [-0.39, 0.29) is 17.6 Å². The number of carbonyl (C=O) groups excluding carboxylic acids is 1. The summed E-state index contributed by atoms with van der Waals surface area (Å²) >= 11 is 1.43. The van der Waals surface area contributed by atoms with Crippen LogP contribution in [0.15, 0.2) is 34.2 Å². The molecule has 0 aliphatic rings. The predicted molar refractivity (Wildman–Crippen MR) is 80.9 cm³/mol. The van der Waals surface area contributed by atoms with Crippen molar-refractivity contribution in [2.75, 3.05) is 0 Å². The number of hydrogen-bond acceptors (Lipinski definition) is 5. The van der Waals surface area contributed by atoms with E-state index in [2.05, 4.69) is 15.6 Å². The molecule has 21 heavy (non-hydrogen) atoms. The Morgan fingerprint density at radius 3 is 2.95 bits per heavy atom. The standard InChI is InChI=1S/C13H17N5O2S/c1-8(2)18-12(20)16-17-13(18)21-7-9-4-3-5-10(6-9)11(19)15-14/h3-6,8H,7,14H2,1-2H3,(H,15,19)(H,16,20). The fraction of sp³-hybridized carbons (Fsp3) is 0.308. The maximum atomic E-state index is 11.6. The maximum absolute atomic E-state index is 11.6. The smallest absolute Gasteiger partial charge is 0.290 e. The second-order valence-electron chi connectivity index (χ2n) is 4.74. The highest BCUT2D eigenvalue weighted by atomic mass is 32.2. The normalized spacial score (nSPS) is 10.9. The maximum Gasteiger partial charge on any atom is 0.344 e. The van der Waals surface area contributed by atoms with Gasteiger partial charge in [-0.1, -0.05) is 23.9 Å². The van der Waals surface area contributed by atoms with Crippen molar-refractivity contribution in [2.24, 2.45) is 5.84 Å². The second kappa shape index (κ2) is 6.59. The lowest BCUT2D eigenvalue weighted by molar-refractivity contribution is 0.0953. The molecular formula is C13H17N5O2S. The number of carbonyl (C=O) groups is 1. The van der Waals surface area contributed by atoms with Gasteiger partial charge in [-0.15, -0.1) is 5.10 Å². The molecule has 0 aliphatic carbocycles. The van der Waals surface area contributed by atoms with Crippen LogP contribution < -0.4 is 17.0 Å². The monoisotopic (exact) mass is 307 g/mol. The van der Waals surface area contributed by atoms with Crippen molar-refractivity contribution >= 4 is 17.7 Å². The minimum absolute atomic E-state index is 0.0353. The third-order valence-corrected chi connectivity index (χ3v) is 3.90. The summed E-state index contributed by atoms with van der Waals surface area (Å²) in [7, 11) is 0. The molecule has 0 bridgehead atoms. The molecular weight excluding hydrogens is 290 g/mol. The molecule has 2 aromatic rings. The number of nitrogen functional groups attached to an aromatic ring is 1. The summed E-state index contributed by atoms with van der Waals surface area (Å²) in [5, 5.41) is 7.09. The van der Waals surface area contributed by atoms with Crippen LogP contribution in [0.3, 0.4) is 0 Å². The molecule has 0 atom stereocenters. The Morgan fingerprint density at radius 1 is 1.52 bits per heavy atom. The molecule has 1 aromatic heterocycles. The first kappa shape index (κ1) is 15.3. The fourth-order valence-electron chi connectivity index (χ4n) is 1.88. The fourth-order valence-corrected chi connectivity index (χ4v) is 2.90. The Kier molecular flexibility index (Phi) is 4.81. The number of aromatic amines is 1. The van der Waals surface area contributed by atoms with Crippen LogP contribution in [0.25, 0.3) is 0 Å². The zero-order chi connectivity index (χ0) is 15.4. The number of hydrogen-bond donors (Lipinski definition) is 3. The Morgan fingerprint density at radius 2 is 2.29 bits per heavy atom. The van der Waals surface area contributed by atoms with Crippen LogP contribution in [0.4, 0.5) is 0 Å². The van der Waals surface area contributed by atoms with Crippen LogP contribution in [-0.4, -0.2) is 20.7 Å². The zero-order valence-corrected chi connectivity index (χ0v) is 12.6. The molecule has 0 aliphatic heterocycles. The summed E-state index contributed by atoms with van der Waals surface area (Å²) in [6, 6.07) is 7.19. The lowest BCUT2D eigenvalue weighted by Crippen LogP contribution is -2.29. The van der Waals surface area contributed by atoms with Crippen LogP contribution in [-0.2, 0) is 5.75 Å². The highest BCUT2D eigenvalue weighted by Gasteiger charge is 2.12. The van der Waals surface area contributed by atoms with Gasteiger partial charge in [-0.2, -0.15) is 0 Å². The molecule has 2 rings (SSSR count). The molecule has 8 heteroatoms. The van der Waals surface area contributed by atoms with E-state index in [1.54, 1.807) is 22.8 Å². The highest BCUT2D eigenvalue weighted by Crippen LogP contribution is 2.22. The second-order valence-corrected chi connectivity index (χ2v) is 5.68. The van der Waals surface area contributed by atoms with Gasteiger partial charge >= 0.3 is 5.69 Å². The van der Waals surface area contributed by atoms with Crippen LogP contribution >= 0.6 is 11.8 Å². The van der Waals surface area contributed by atoms with Crippen molar-refractivity contribution in [1.29, 1.82) is 0 Å². The number of benzene rings is 1. The number of nitrogens with zero attached hydrogens (tertiary/aromatic N) is 2. The first-order valence-corrected chi connectivity index (χ1v) is 7.41. The quantitative estimate of drug-likeness (QED) is 0.331. The largest absolute Gasteiger partial charge is 0.344 e. The van der Waals surface area contributed by atoms with E-state index in [1.165, 1.54) is 11.8 Å². The number of amides is 1. The number of aromatic nitrogens is 3. The molecule has 0 fully saturated rings. The number of rotatable bonds is 5. The van der Waals surface area contributed by atoms with Crippen molar-refractivity contribution in [3.8, 4) is 0 Å². The third-order valence-electron chi connectivity index (χ3n) is 2.88. The molecule has 0 saturated heterocycles. The Bertz CT molecular complexity index is 692. The molecule has 112 valence electrons. The van der Waals surface area contributed by atoms with Crippen molar-refractivity contribution in [3.05, 3.63) is 45.9 Å². The molecule has 0 saturated carbocycles. The van der Waals surface area contributed by atoms with Gasteiger partial charge in [-0.25, -0.2) is 15.7 Å². The molecule has 1 aromatic carbocycles. The highest BCUT2D eigenvalue weighted by molar-refractivity contribution is 7.98. The summed E-state index contributed by atoms with van der Waals surface area (Å²) < 4.78 is 1.60. The van der Waals surface area contributed by atoms with E-state index >= 15 is 0 Å². The Balaban J connectivity index is 2.14. The minimum Gasteiger partial charge on any atom is -0.290 e. The van der Waals surface area contributed by atoms with E-state index in [0.717, 1.165) is 5.56 Å². The van der Waals surface area contributed by atoms with Crippen molar-refractivity contribution in [1.82, 2.24) is 20.2 Å². The van der Waals surface area contributed by atoms with Gasteiger partial charge < -0.3 is 0 Å². The van der Waals surface area contributed by atoms with E-state index in [4.69, 9.17) is 5.84 Å². The van der Waals surface area contributed by atoms with Crippen molar-refractivity contribution in [2.45, 2.75) is 30.8 Å². The van der Waals surface area contributed by atoms with Crippen LogP contribution in [0, 0.1) is 0 Å². The summed E-state index contributed by atoms with van der Waals surface area (Å²) in [5.74, 6) is 5.39. The number of H-pyrrole nitrogens is 1. The van der Waals surface area contributed by atoms with Gasteiger partial charge in [0.05, 0.1) is 0 Å². The van der Waals surface area contributed by atoms with Gasteiger partial charge in [-0.05, 0) is 31.5 Å². The van der Waals surface area contributed by atoms with Crippen LogP contribution in [0.2, 0.25) is 0 Å². The topological polar surface area (TPSA) is 106 Å². The first-order valence-electron chi connectivity index (χ1n) is 6.42. The Hall–Kier alpha value is -2.06. The van der Waals surface area contributed by atoms with Gasteiger partial charge in [0.2, 0.25) is 0 Å². The molecule has 0 unspecified atom stereocenters. The van der Waals surface area contributed by atoms with Gasteiger partial charge in [0.1, 0.15) is 0 Å². The van der Waals surface area contributed by atoms with Crippen LogP contribution in [0.1, 0.15) is 35.8 Å². The van der Waals surface area contributed by atoms with Gasteiger partial charge in [-0.3, -0.25) is 14.8 Å². The van der Waals surface area contributed by atoms with E-state index in [9.17, 15) is 9.59 Å². The molecule has 1 heterocycles. The third kappa shape index (κ3) is 3.53. The summed E-state index contributed by atoms with van der Waals surface area (Å²) in [4.78, 5) is 23.1. The van der Waals surface area contributed by atoms with Gasteiger partial charge in [0, 0.05) is 17.4 Å². The SMILES string of the molecule is CC(C)n1c(SCc2cccc(C(=O)NN)c2)n[nH]c1=O. The molecule has 0 spiro atoms. The number of nitrogens with one attached hydrogen (secondary N) is 2. The molecule has 4 N–H and O–H groups in total. The lowest BCUT2D eigenvalue weighted by atomic mass is 10.1. The van der Waals surface area contributed by atoms with Gasteiger partial charge in [0.15, 0.2) is 5.16 Å². The van der Waals surface area contributed by atoms with Crippen LogP contribution in [0.5, 0.6) is 0 Å². The summed E-state index contributed by atoms with van der Waals surface area (Å²) in [6.07, 6.45) is 0.